The third-order valence-electron chi connectivity index (χ3n) is 4.28. The molecule has 2 aromatic heterocycles. The van der Waals surface area contributed by atoms with E-state index < -0.39 is 5.54 Å². The summed E-state index contributed by atoms with van der Waals surface area (Å²) < 4.78 is 15.1. The molecular weight excluding hydrogens is 376 g/mol. The second-order valence-corrected chi connectivity index (χ2v) is 7.65. The number of pyridine rings is 1. The van der Waals surface area contributed by atoms with Crippen molar-refractivity contribution in [3.8, 4) is 5.75 Å². The van der Waals surface area contributed by atoms with E-state index in [1.165, 1.54) is 12.1 Å². The molecule has 0 spiro atoms. The predicted octanol–water partition coefficient (Wildman–Crippen LogP) is 2.62. The average molecular weight is 396 g/mol. The van der Waals surface area contributed by atoms with Crippen LogP contribution in [0.4, 0.5) is 5.69 Å². The van der Waals surface area contributed by atoms with Gasteiger partial charge in [-0.15, -0.1) is 0 Å². The zero-order chi connectivity index (χ0) is 19.7. The second-order valence-electron chi connectivity index (χ2n) is 7.08. The molecule has 0 saturated carbocycles. The van der Waals surface area contributed by atoms with Crippen molar-refractivity contribution in [3.05, 3.63) is 60.0 Å². The number of fused-ring (bicyclic) bond motifs is 2. The summed E-state index contributed by atoms with van der Waals surface area (Å²) in [5, 5.41) is 3.01. The lowest BCUT2D eigenvalue weighted by Gasteiger charge is -2.27. The van der Waals surface area contributed by atoms with Gasteiger partial charge in [0, 0.05) is 24.2 Å². The minimum atomic E-state index is -0.607. The van der Waals surface area contributed by atoms with Crippen LogP contribution in [0.3, 0.4) is 0 Å². The number of aromatic nitrogens is 2. The van der Waals surface area contributed by atoms with E-state index in [-0.39, 0.29) is 12.5 Å². The van der Waals surface area contributed by atoms with E-state index in [0.717, 1.165) is 16.9 Å². The van der Waals surface area contributed by atoms with E-state index in [0.29, 0.717) is 17.1 Å². The van der Waals surface area contributed by atoms with Gasteiger partial charge in [0.1, 0.15) is 23.8 Å². The standard InChI is InChI=1S/C19H20N6O2S/c1-19(2,22-18(26)12-6-8-25-9-7-21-15(25)10-12)11-27-14-5-3-4-13-16(14)17(20)24-28-23-13/h3-10,23H,11H2,1-2H3,(H2,20,24)(H,22,26). The molecule has 0 unspecified atom stereocenters. The monoisotopic (exact) mass is 396 g/mol. The normalized spacial score (nSPS) is 13.4. The molecule has 4 rings (SSSR count). The van der Waals surface area contributed by atoms with Crippen molar-refractivity contribution in [1.29, 1.82) is 0 Å². The molecule has 144 valence electrons. The second kappa shape index (κ2) is 7.08. The Bertz CT molecular complexity index is 1080. The van der Waals surface area contributed by atoms with E-state index in [1.54, 1.807) is 18.3 Å². The fourth-order valence-electron chi connectivity index (χ4n) is 2.89. The number of nitrogens with one attached hydrogen (secondary N) is 2. The third-order valence-corrected chi connectivity index (χ3v) is 4.88. The number of anilines is 1. The molecule has 3 heterocycles. The van der Waals surface area contributed by atoms with E-state index in [9.17, 15) is 4.79 Å². The van der Waals surface area contributed by atoms with Gasteiger partial charge in [-0.1, -0.05) is 6.07 Å². The lowest BCUT2D eigenvalue weighted by atomic mass is 10.1. The first-order valence-corrected chi connectivity index (χ1v) is 9.47. The number of benzene rings is 1. The zero-order valence-corrected chi connectivity index (χ0v) is 16.3. The number of amidine groups is 1. The maximum atomic E-state index is 12.7. The van der Waals surface area contributed by atoms with Crippen LogP contribution < -0.4 is 20.5 Å². The van der Waals surface area contributed by atoms with Crippen molar-refractivity contribution in [3.63, 3.8) is 0 Å². The first kappa shape index (κ1) is 18.2. The number of nitrogens with two attached hydrogens (primary N) is 1. The molecule has 0 aliphatic carbocycles. The summed E-state index contributed by atoms with van der Waals surface area (Å²) in [5.41, 5.74) is 8.25. The first-order valence-electron chi connectivity index (χ1n) is 8.70. The van der Waals surface area contributed by atoms with Gasteiger partial charge in [-0.2, -0.15) is 4.40 Å². The van der Waals surface area contributed by atoms with Crippen LogP contribution in [-0.4, -0.2) is 33.3 Å². The van der Waals surface area contributed by atoms with Gasteiger partial charge < -0.3 is 24.9 Å². The highest BCUT2D eigenvalue weighted by atomic mass is 32.2. The minimum absolute atomic E-state index is 0.187. The van der Waals surface area contributed by atoms with Crippen molar-refractivity contribution in [2.75, 3.05) is 11.3 Å². The first-order chi connectivity index (χ1) is 13.4. The highest BCUT2D eigenvalue weighted by Gasteiger charge is 2.24. The summed E-state index contributed by atoms with van der Waals surface area (Å²) >= 11 is 1.18. The summed E-state index contributed by atoms with van der Waals surface area (Å²) in [7, 11) is 0. The van der Waals surface area contributed by atoms with Crippen molar-refractivity contribution in [2.45, 2.75) is 19.4 Å². The summed E-state index contributed by atoms with van der Waals surface area (Å²) in [4.78, 5) is 16.9. The molecule has 1 aliphatic heterocycles. The number of carbonyl (C=O) groups is 1. The zero-order valence-electron chi connectivity index (χ0n) is 15.5. The Morgan fingerprint density at radius 2 is 2.21 bits per heavy atom. The SMILES string of the molecule is CC(C)(COc1cccc2c1C(N)=NSN2)NC(=O)c1ccn2ccnc2c1. The van der Waals surface area contributed by atoms with Crippen LogP contribution in [0.2, 0.25) is 0 Å². The molecule has 0 bridgehead atoms. The summed E-state index contributed by atoms with van der Waals surface area (Å²) in [6.07, 6.45) is 5.33. The molecule has 1 aliphatic rings. The molecule has 0 radical (unpaired) electrons. The lowest BCUT2D eigenvalue weighted by Crippen LogP contribution is -2.48. The molecular formula is C19H20N6O2S. The number of nitrogens with zero attached hydrogens (tertiary/aromatic N) is 3. The van der Waals surface area contributed by atoms with Crippen LogP contribution in [0.15, 0.2) is 53.3 Å². The van der Waals surface area contributed by atoms with E-state index >= 15 is 0 Å². The van der Waals surface area contributed by atoms with Gasteiger partial charge in [-0.25, -0.2) is 4.98 Å². The van der Waals surface area contributed by atoms with Gasteiger partial charge >= 0.3 is 0 Å². The van der Waals surface area contributed by atoms with E-state index in [1.807, 2.05) is 48.8 Å². The van der Waals surface area contributed by atoms with Gasteiger partial charge in [0.15, 0.2) is 0 Å². The number of ether oxygens (including phenoxy) is 1. The molecule has 0 fully saturated rings. The highest BCUT2D eigenvalue weighted by molar-refractivity contribution is 7.99. The van der Waals surface area contributed by atoms with Gasteiger partial charge in [0.05, 0.1) is 28.9 Å². The average Bonchev–Trinajstić information content (AvgIpc) is 3.14. The van der Waals surface area contributed by atoms with Crippen LogP contribution in [0.1, 0.15) is 29.8 Å². The Morgan fingerprint density at radius 3 is 3.07 bits per heavy atom. The fraction of sp³-hybridized carbons (Fsp3) is 0.211. The predicted molar refractivity (Wildman–Crippen MR) is 111 cm³/mol. The fourth-order valence-corrected chi connectivity index (χ4v) is 3.40. The van der Waals surface area contributed by atoms with Crippen LogP contribution in [0, 0.1) is 0 Å². The third kappa shape index (κ3) is 3.61. The minimum Gasteiger partial charge on any atom is -0.490 e. The molecule has 4 N–H and O–H groups in total. The Labute approximate surface area is 166 Å². The van der Waals surface area contributed by atoms with Crippen molar-refractivity contribution < 1.29 is 9.53 Å². The Morgan fingerprint density at radius 1 is 1.36 bits per heavy atom. The molecule has 3 aromatic rings. The topological polar surface area (TPSA) is 106 Å². The molecule has 9 heteroatoms. The van der Waals surface area contributed by atoms with E-state index in [4.69, 9.17) is 10.5 Å². The largest absolute Gasteiger partial charge is 0.490 e. The van der Waals surface area contributed by atoms with Crippen LogP contribution in [0.5, 0.6) is 5.75 Å². The van der Waals surface area contributed by atoms with Gasteiger partial charge in [-0.05, 0) is 38.1 Å². The quantitative estimate of drug-likeness (QED) is 0.573. The number of amides is 1. The van der Waals surface area contributed by atoms with Gasteiger partial charge in [-0.3, -0.25) is 4.79 Å². The van der Waals surface area contributed by atoms with E-state index in [2.05, 4.69) is 19.4 Å². The summed E-state index contributed by atoms with van der Waals surface area (Å²) in [6, 6.07) is 9.14. The number of rotatable bonds is 5. The molecule has 28 heavy (non-hydrogen) atoms. The highest BCUT2D eigenvalue weighted by Crippen LogP contribution is 2.32. The number of imidazole rings is 1. The summed E-state index contributed by atoms with van der Waals surface area (Å²) in [6.45, 7) is 4.07. The Hall–Kier alpha value is -3.20. The van der Waals surface area contributed by atoms with Crippen molar-refractivity contribution >= 4 is 35.2 Å². The maximum Gasteiger partial charge on any atom is 0.251 e. The molecule has 0 atom stereocenters. The Balaban J connectivity index is 1.46. The number of hydrogen-bond acceptors (Lipinski definition) is 7. The smallest absolute Gasteiger partial charge is 0.251 e. The molecule has 8 nitrogen and oxygen atoms in total. The maximum absolute atomic E-state index is 12.7. The lowest BCUT2D eigenvalue weighted by molar-refractivity contribution is 0.0880. The number of hydrogen-bond donors (Lipinski definition) is 3. The molecule has 1 amide bonds. The van der Waals surface area contributed by atoms with Crippen molar-refractivity contribution in [2.24, 2.45) is 10.1 Å². The summed E-state index contributed by atoms with van der Waals surface area (Å²) in [5.74, 6) is 0.838. The van der Waals surface area contributed by atoms with Gasteiger partial charge in [0.2, 0.25) is 0 Å². The number of carbonyl (C=O) groups excluding carboxylic acids is 1. The molecule has 1 aromatic carbocycles. The van der Waals surface area contributed by atoms with Crippen molar-refractivity contribution in [1.82, 2.24) is 14.7 Å². The molecule has 0 saturated heterocycles. The van der Waals surface area contributed by atoms with Gasteiger partial charge in [0.25, 0.3) is 5.91 Å². The Kier molecular flexibility index (Phi) is 4.60. The van der Waals surface area contributed by atoms with Crippen LogP contribution >= 0.6 is 12.1 Å². The van der Waals surface area contributed by atoms with Crippen LogP contribution in [-0.2, 0) is 0 Å². The van der Waals surface area contributed by atoms with Crippen LogP contribution in [0.25, 0.3) is 5.65 Å².